The Kier molecular flexibility index (Phi) is 9.89. The van der Waals surface area contributed by atoms with Crippen molar-refractivity contribution in [3.63, 3.8) is 0 Å². The summed E-state index contributed by atoms with van der Waals surface area (Å²) in [4.78, 5) is 14.6. The van der Waals surface area contributed by atoms with E-state index in [-0.39, 0.29) is 25.8 Å². The molecule has 0 radical (unpaired) electrons. The minimum Gasteiger partial charge on any atom is -0.463 e. The van der Waals surface area contributed by atoms with E-state index >= 15 is 0 Å². The molecular weight excluding hydrogens is 373 g/mol. The van der Waals surface area contributed by atoms with Crippen molar-refractivity contribution in [1.82, 2.24) is 4.90 Å². The maximum absolute atomic E-state index is 12.5. The number of ether oxygens (including phenoxy) is 2. The number of esters is 1. The van der Waals surface area contributed by atoms with Gasteiger partial charge in [0.05, 0.1) is 37.4 Å². The van der Waals surface area contributed by atoms with E-state index in [1.807, 2.05) is 13.8 Å². The van der Waals surface area contributed by atoms with Gasteiger partial charge in [0.2, 0.25) is 0 Å². The number of hydrogen-bond acceptors (Lipinski definition) is 8. The Hall–Kier alpha value is -0.500. The Morgan fingerprint density at radius 1 is 1.07 bits per heavy atom. The van der Waals surface area contributed by atoms with E-state index in [2.05, 4.69) is 4.90 Å². The fraction of sp³-hybridized carbons (Fsp3) is 0.944. The fourth-order valence-electron chi connectivity index (χ4n) is 2.43. The predicted octanol–water partition coefficient (Wildman–Crippen LogP) is 3.25. The Morgan fingerprint density at radius 2 is 1.70 bits per heavy atom. The second-order valence-corrected chi connectivity index (χ2v) is 9.72. The van der Waals surface area contributed by atoms with Crippen LogP contribution in [0.5, 0.6) is 0 Å². The van der Waals surface area contributed by atoms with E-state index in [1.54, 1.807) is 27.7 Å². The van der Waals surface area contributed by atoms with Crippen LogP contribution in [0.25, 0.3) is 0 Å². The maximum atomic E-state index is 12.5. The molecule has 0 spiro atoms. The van der Waals surface area contributed by atoms with Crippen molar-refractivity contribution in [2.24, 2.45) is 5.41 Å². The summed E-state index contributed by atoms with van der Waals surface area (Å²) in [6.07, 6.45) is 0.692. The zero-order valence-electron chi connectivity index (χ0n) is 17.6. The van der Waals surface area contributed by atoms with Crippen molar-refractivity contribution in [2.45, 2.75) is 53.6 Å². The Labute approximate surface area is 163 Å². The second kappa shape index (κ2) is 10.9. The first-order chi connectivity index (χ1) is 12.5. The molecule has 1 rings (SSSR count). The van der Waals surface area contributed by atoms with Gasteiger partial charge in [-0.1, -0.05) is 0 Å². The number of hydrogen-bond donors (Lipinski definition) is 0. The second-order valence-electron chi connectivity index (χ2n) is 8.13. The molecule has 1 atom stereocenters. The molecule has 1 heterocycles. The summed E-state index contributed by atoms with van der Waals surface area (Å²) in [6.45, 7) is 14.9. The first-order valence-electron chi connectivity index (χ1n) is 9.55. The summed E-state index contributed by atoms with van der Waals surface area (Å²) in [7, 11) is -3.68. The lowest BCUT2D eigenvalue weighted by Crippen LogP contribution is -2.39. The van der Waals surface area contributed by atoms with Gasteiger partial charge in [-0.15, -0.1) is 0 Å². The van der Waals surface area contributed by atoms with Crippen LogP contribution in [0.3, 0.4) is 0 Å². The summed E-state index contributed by atoms with van der Waals surface area (Å²) in [6, 6.07) is 0. The Bertz CT molecular complexity index is 498. The van der Waals surface area contributed by atoms with Crippen LogP contribution in [0.2, 0.25) is 0 Å². The molecule has 1 aliphatic rings. The van der Waals surface area contributed by atoms with Crippen LogP contribution in [0.15, 0.2) is 0 Å². The summed E-state index contributed by atoms with van der Waals surface area (Å²) < 4.78 is 39.0. The third kappa shape index (κ3) is 10.0. The smallest absolute Gasteiger partial charge is 0.463 e. The summed E-state index contributed by atoms with van der Waals surface area (Å²) >= 11 is 0. The van der Waals surface area contributed by atoms with Crippen LogP contribution in [-0.2, 0) is 32.4 Å². The largest absolute Gasteiger partial charge is 0.475 e. The average Bonchev–Trinajstić information content (AvgIpc) is 2.56. The fourth-order valence-corrected chi connectivity index (χ4v) is 3.89. The summed E-state index contributed by atoms with van der Waals surface area (Å²) in [5.41, 5.74) is -1.29. The maximum Gasteiger partial charge on any atom is 0.475 e. The molecule has 0 aromatic carbocycles. The quantitative estimate of drug-likeness (QED) is 0.292. The highest BCUT2D eigenvalue weighted by molar-refractivity contribution is 7.48. The van der Waals surface area contributed by atoms with Crippen LogP contribution < -0.4 is 0 Å². The van der Waals surface area contributed by atoms with E-state index in [9.17, 15) is 9.36 Å². The SMILES string of the molecule is CCOP(=O)(OCCOC(=O)C(C)(C)CCN1CCOCC1)OC(C)(C)C. The molecule has 1 saturated heterocycles. The molecule has 1 unspecified atom stereocenters. The first-order valence-corrected chi connectivity index (χ1v) is 11.0. The molecule has 0 amide bonds. The highest BCUT2D eigenvalue weighted by Gasteiger charge is 2.33. The zero-order chi connectivity index (χ0) is 20.6. The molecule has 0 aromatic heterocycles. The minimum atomic E-state index is -3.68. The van der Waals surface area contributed by atoms with E-state index in [4.69, 9.17) is 23.0 Å². The van der Waals surface area contributed by atoms with Crippen molar-refractivity contribution in [3.8, 4) is 0 Å². The number of carbonyl (C=O) groups excluding carboxylic acids is 1. The molecule has 9 heteroatoms. The number of phosphoric ester groups is 1. The molecule has 8 nitrogen and oxygen atoms in total. The van der Waals surface area contributed by atoms with Crippen LogP contribution in [0, 0.1) is 5.41 Å². The van der Waals surface area contributed by atoms with Gasteiger partial charge in [-0.05, 0) is 54.5 Å². The van der Waals surface area contributed by atoms with Gasteiger partial charge in [0.1, 0.15) is 6.61 Å². The highest BCUT2D eigenvalue weighted by Crippen LogP contribution is 2.52. The lowest BCUT2D eigenvalue weighted by Gasteiger charge is -2.30. The lowest BCUT2D eigenvalue weighted by molar-refractivity contribution is -0.155. The minimum absolute atomic E-state index is 0.00954. The Balaban J connectivity index is 2.37. The monoisotopic (exact) mass is 409 g/mol. The lowest BCUT2D eigenvalue weighted by atomic mass is 9.89. The molecule has 0 N–H and O–H groups in total. The highest BCUT2D eigenvalue weighted by atomic mass is 31.2. The average molecular weight is 409 g/mol. The van der Waals surface area contributed by atoms with Crippen LogP contribution in [-0.4, -0.2) is 69.1 Å². The van der Waals surface area contributed by atoms with Crippen LogP contribution in [0.1, 0.15) is 48.0 Å². The number of rotatable bonds is 11. The van der Waals surface area contributed by atoms with Crippen molar-refractivity contribution in [2.75, 3.05) is 52.7 Å². The summed E-state index contributed by atoms with van der Waals surface area (Å²) in [5, 5.41) is 0. The molecule has 0 aliphatic carbocycles. The third-order valence-electron chi connectivity index (χ3n) is 3.95. The molecular formula is C18H36NO7P. The Morgan fingerprint density at radius 3 is 2.26 bits per heavy atom. The van der Waals surface area contributed by atoms with Crippen molar-refractivity contribution < 1.29 is 32.4 Å². The van der Waals surface area contributed by atoms with Crippen LogP contribution >= 0.6 is 7.82 Å². The summed E-state index contributed by atoms with van der Waals surface area (Å²) in [5.74, 6) is -0.303. The topological polar surface area (TPSA) is 83.5 Å². The standard InChI is InChI=1S/C18H36NO7P/c1-7-24-27(21,26-17(2,3)4)25-15-14-23-16(20)18(5,6)8-9-19-10-12-22-13-11-19/h7-15H2,1-6H3. The number of carbonyl (C=O) groups is 1. The van der Waals surface area contributed by atoms with Gasteiger partial charge in [0, 0.05) is 13.1 Å². The zero-order valence-corrected chi connectivity index (χ0v) is 18.5. The number of nitrogens with zero attached hydrogens (tertiary/aromatic N) is 1. The van der Waals surface area contributed by atoms with Crippen molar-refractivity contribution in [1.29, 1.82) is 0 Å². The first kappa shape index (κ1) is 24.5. The number of phosphoric acid groups is 1. The van der Waals surface area contributed by atoms with Gasteiger partial charge >= 0.3 is 13.8 Å². The van der Waals surface area contributed by atoms with Crippen molar-refractivity contribution >= 4 is 13.8 Å². The molecule has 160 valence electrons. The van der Waals surface area contributed by atoms with E-state index < -0.39 is 18.8 Å². The molecule has 0 bridgehead atoms. The molecule has 0 aromatic rings. The van der Waals surface area contributed by atoms with Gasteiger partial charge in [0.25, 0.3) is 0 Å². The van der Waals surface area contributed by atoms with Crippen molar-refractivity contribution in [3.05, 3.63) is 0 Å². The van der Waals surface area contributed by atoms with Gasteiger partial charge < -0.3 is 9.47 Å². The van der Waals surface area contributed by atoms with E-state index in [1.165, 1.54) is 0 Å². The normalized spacial score (nSPS) is 18.9. The van der Waals surface area contributed by atoms with E-state index in [0.29, 0.717) is 6.42 Å². The van der Waals surface area contributed by atoms with Gasteiger partial charge in [-0.2, -0.15) is 0 Å². The molecule has 0 saturated carbocycles. The molecule has 27 heavy (non-hydrogen) atoms. The predicted molar refractivity (Wildman–Crippen MR) is 103 cm³/mol. The molecule has 1 aliphatic heterocycles. The van der Waals surface area contributed by atoms with Gasteiger partial charge in [-0.3, -0.25) is 23.3 Å². The third-order valence-corrected chi connectivity index (χ3v) is 5.79. The van der Waals surface area contributed by atoms with Gasteiger partial charge in [-0.25, -0.2) is 4.57 Å². The molecule has 1 fully saturated rings. The van der Waals surface area contributed by atoms with E-state index in [0.717, 1.165) is 32.8 Å². The number of morpholine rings is 1. The van der Waals surface area contributed by atoms with Crippen LogP contribution in [0.4, 0.5) is 0 Å². The van der Waals surface area contributed by atoms with Gasteiger partial charge in [0.15, 0.2) is 0 Å².